The van der Waals surface area contributed by atoms with Gasteiger partial charge in [0, 0.05) is 18.2 Å². The van der Waals surface area contributed by atoms with Crippen LogP contribution >= 0.6 is 0 Å². The summed E-state index contributed by atoms with van der Waals surface area (Å²) >= 11 is 0. The van der Waals surface area contributed by atoms with Crippen LogP contribution in [0.25, 0.3) is 0 Å². The Balaban J connectivity index is 1.44. The molecule has 0 radical (unpaired) electrons. The predicted molar refractivity (Wildman–Crippen MR) is 118 cm³/mol. The molecule has 1 saturated carbocycles. The molecule has 1 saturated heterocycles. The summed E-state index contributed by atoms with van der Waals surface area (Å²) in [6.07, 6.45) is 2.05. The highest BCUT2D eigenvalue weighted by Crippen LogP contribution is 2.43. The number of hydrogen-bond acceptors (Lipinski definition) is 7. The number of anilines is 2. The number of amides is 1. The van der Waals surface area contributed by atoms with Gasteiger partial charge in [-0.25, -0.2) is 14.8 Å². The summed E-state index contributed by atoms with van der Waals surface area (Å²) in [6.45, 7) is 8.03. The van der Waals surface area contributed by atoms with Crippen LogP contribution in [-0.4, -0.2) is 34.4 Å². The minimum atomic E-state index is -0.506. The quantitative estimate of drug-likeness (QED) is 0.578. The van der Waals surface area contributed by atoms with Crippen molar-refractivity contribution in [3.8, 4) is 0 Å². The molecule has 31 heavy (non-hydrogen) atoms. The van der Waals surface area contributed by atoms with Crippen LogP contribution in [-0.2, 0) is 15.9 Å². The lowest BCUT2D eigenvalue weighted by Crippen LogP contribution is -2.33. The maximum Gasteiger partial charge on any atom is 0.407 e. The fourth-order valence-electron chi connectivity index (χ4n) is 3.49. The number of nitrogens with zero attached hydrogens (tertiary/aromatic N) is 2. The number of carbonyl (C=O) groups is 1. The molecular weight excluding hydrogens is 394 g/mol. The standard InChI is InChI=1S/C23H31N5O3/c1-13-17(15-8-9-15)28-21(18(26-13)19-20(24)30-19)27-16-7-5-6-14(12-16)10-11-25-22(29)31-23(2,3)4/h5-7,12,15,19-20H,8-11,24H2,1-4H3,(H,25,29)(H,27,28). The van der Waals surface area contributed by atoms with E-state index in [0.29, 0.717) is 24.7 Å². The van der Waals surface area contributed by atoms with Crippen LogP contribution in [0.5, 0.6) is 0 Å². The van der Waals surface area contributed by atoms with Crippen LogP contribution in [0.15, 0.2) is 24.3 Å². The predicted octanol–water partition coefficient (Wildman–Crippen LogP) is 3.83. The molecule has 1 aromatic heterocycles. The van der Waals surface area contributed by atoms with Crippen molar-refractivity contribution >= 4 is 17.6 Å². The van der Waals surface area contributed by atoms with Crippen LogP contribution in [0.2, 0.25) is 0 Å². The fourth-order valence-corrected chi connectivity index (χ4v) is 3.49. The number of hydrogen-bond donors (Lipinski definition) is 3. The number of nitrogens with two attached hydrogens (primary N) is 1. The summed E-state index contributed by atoms with van der Waals surface area (Å²) in [6, 6.07) is 8.04. The third-order valence-corrected chi connectivity index (χ3v) is 5.16. The van der Waals surface area contributed by atoms with Gasteiger partial charge in [0.15, 0.2) is 5.82 Å². The Morgan fingerprint density at radius 2 is 2.00 bits per heavy atom. The van der Waals surface area contributed by atoms with E-state index in [-0.39, 0.29) is 12.3 Å². The summed E-state index contributed by atoms with van der Waals surface area (Å²) in [4.78, 5) is 21.5. The second-order valence-corrected chi connectivity index (χ2v) is 9.23. The van der Waals surface area contributed by atoms with E-state index in [1.54, 1.807) is 0 Å². The average Bonchev–Trinajstić information content (AvgIpc) is 3.59. The molecule has 0 bridgehead atoms. The number of aromatic nitrogens is 2. The number of alkyl carbamates (subject to hydrolysis) is 1. The van der Waals surface area contributed by atoms with Crippen LogP contribution in [0.1, 0.15) is 68.3 Å². The van der Waals surface area contributed by atoms with Crippen molar-refractivity contribution in [1.82, 2.24) is 15.3 Å². The average molecular weight is 426 g/mol. The molecule has 2 aromatic rings. The molecule has 1 aromatic carbocycles. The number of epoxide rings is 1. The summed E-state index contributed by atoms with van der Waals surface area (Å²) in [7, 11) is 0. The highest BCUT2D eigenvalue weighted by Gasteiger charge is 2.41. The molecule has 1 aliphatic carbocycles. The van der Waals surface area contributed by atoms with Gasteiger partial charge in [0.05, 0.1) is 11.4 Å². The largest absolute Gasteiger partial charge is 0.444 e. The zero-order valence-corrected chi connectivity index (χ0v) is 18.6. The van der Waals surface area contributed by atoms with Gasteiger partial charge in [0.1, 0.15) is 23.6 Å². The van der Waals surface area contributed by atoms with Gasteiger partial charge in [-0.3, -0.25) is 0 Å². The Kier molecular flexibility index (Phi) is 5.85. The first-order chi connectivity index (χ1) is 14.7. The molecule has 2 aliphatic rings. The number of ether oxygens (including phenoxy) is 2. The summed E-state index contributed by atoms with van der Waals surface area (Å²) in [5, 5.41) is 6.21. The molecule has 2 atom stereocenters. The van der Waals surface area contributed by atoms with Crippen molar-refractivity contribution in [2.45, 2.75) is 70.8 Å². The monoisotopic (exact) mass is 425 g/mol. The van der Waals surface area contributed by atoms with E-state index in [2.05, 4.69) is 10.6 Å². The Morgan fingerprint density at radius 1 is 1.26 bits per heavy atom. The number of carbonyl (C=O) groups excluding carboxylic acids is 1. The lowest BCUT2D eigenvalue weighted by atomic mass is 10.1. The molecule has 2 fully saturated rings. The fraction of sp³-hybridized carbons (Fsp3) is 0.522. The number of benzene rings is 1. The SMILES string of the molecule is Cc1nc(C2OC2N)c(Nc2cccc(CCNC(=O)OC(C)(C)C)c2)nc1C1CC1. The van der Waals surface area contributed by atoms with Crippen molar-refractivity contribution in [3.63, 3.8) is 0 Å². The Bertz CT molecular complexity index is 968. The van der Waals surface area contributed by atoms with Gasteiger partial charge in [-0.2, -0.15) is 0 Å². The van der Waals surface area contributed by atoms with E-state index in [1.165, 1.54) is 0 Å². The van der Waals surface area contributed by atoms with E-state index in [9.17, 15) is 4.79 Å². The highest BCUT2D eigenvalue weighted by atomic mass is 16.6. The molecule has 8 nitrogen and oxygen atoms in total. The third-order valence-electron chi connectivity index (χ3n) is 5.16. The molecule has 4 rings (SSSR count). The van der Waals surface area contributed by atoms with E-state index in [1.807, 2.05) is 52.0 Å². The van der Waals surface area contributed by atoms with E-state index < -0.39 is 11.7 Å². The minimum absolute atomic E-state index is 0.219. The molecule has 8 heteroatoms. The zero-order valence-electron chi connectivity index (χ0n) is 18.6. The number of rotatable bonds is 7. The smallest absolute Gasteiger partial charge is 0.407 e. The highest BCUT2D eigenvalue weighted by molar-refractivity contribution is 5.67. The van der Waals surface area contributed by atoms with Crippen LogP contribution in [0.4, 0.5) is 16.3 Å². The number of nitrogens with one attached hydrogen (secondary N) is 2. The Hall–Kier alpha value is -2.71. The molecular formula is C23H31N5O3. The number of aryl methyl sites for hydroxylation is 1. The van der Waals surface area contributed by atoms with Gasteiger partial charge in [-0.05, 0) is 64.7 Å². The molecule has 1 amide bonds. The van der Waals surface area contributed by atoms with Crippen LogP contribution < -0.4 is 16.4 Å². The summed E-state index contributed by atoms with van der Waals surface area (Å²) in [5.74, 6) is 1.20. The van der Waals surface area contributed by atoms with E-state index >= 15 is 0 Å². The van der Waals surface area contributed by atoms with E-state index in [0.717, 1.165) is 41.2 Å². The van der Waals surface area contributed by atoms with Crippen molar-refractivity contribution in [2.24, 2.45) is 5.73 Å². The van der Waals surface area contributed by atoms with Crippen molar-refractivity contribution in [2.75, 3.05) is 11.9 Å². The van der Waals surface area contributed by atoms with E-state index in [4.69, 9.17) is 25.2 Å². The normalized spacial score (nSPS) is 20.3. The summed E-state index contributed by atoms with van der Waals surface area (Å²) < 4.78 is 10.7. The molecule has 2 unspecified atom stereocenters. The zero-order chi connectivity index (χ0) is 22.2. The molecule has 166 valence electrons. The summed E-state index contributed by atoms with van der Waals surface area (Å²) in [5.41, 5.74) is 10.2. The van der Waals surface area contributed by atoms with Gasteiger partial charge in [-0.1, -0.05) is 12.1 Å². The lowest BCUT2D eigenvalue weighted by molar-refractivity contribution is 0.0528. The Morgan fingerprint density at radius 3 is 2.65 bits per heavy atom. The van der Waals surface area contributed by atoms with Crippen molar-refractivity contribution in [3.05, 3.63) is 46.9 Å². The van der Waals surface area contributed by atoms with Gasteiger partial charge < -0.3 is 25.8 Å². The second-order valence-electron chi connectivity index (χ2n) is 9.23. The first kappa shape index (κ1) is 21.5. The topological polar surface area (TPSA) is 115 Å². The van der Waals surface area contributed by atoms with Crippen LogP contribution in [0.3, 0.4) is 0 Å². The molecule has 1 aliphatic heterocycles. The van der Waals surface area contributed by atoms with Gasteiger partial charge in [-0.15, -0.1) is 0 Å². The van der Waals surface area contributed by atoms with Gasteiger partial charge in [0.2, 0.25) is 0 Å². The molecule has 4 N–H and O–H groups in total. The van der Waals surface area contributed by atoms with Crippen molar-refractivity contribution in [1.29, 1.82) is 0 Å². The first-order valence-electron chi connectivity index (χ1n) is 10.8. The molecule has 0 spiro atoms. The second kappa shape index (κ2) is 8.43. The third kappa shape index (κ3) is 5.71. The molecule has 2 heterocycles. The van der Waals surface area contributed by atoms with Gasteiger partial charge in [0.25, 0.3) is 0 Å². The first-order valence-corrected chi connectivity index (χ1v) is 10.8. The van der Waals surface area contributed by atoms with Gasteiger partial charge >= 0.3 is 6.09 Å². The van der Waals surface area contributed by atoms with Crippen LogP contribution in [0, 0.1) is 6.92 Å². The minimum Gasteiger partial charge on any atom is -0.444 e. The maximum absolute atomic E-state index is 11.8. The lowest BCUT2D eigenvalue weighted by Gasteiger charge is -2.19. The maximum atomic E-state index is 11.8. The Labute approximate surface area is 182 Å². The van der Waals surface area contributed by atoms with Crippen molar-refractivity contribution < 1.29 is 14.3 Å².